The first kappa shape index (κ1) is 14.6. The highest BCUT2D eigenvalue weighted by Crippen LogP contribution is 2.26. The first-order chi connectivity index (χ1) is 6.89. The Morgan fingerprint density at radius 2 is 1.87 bits per heavy atom. The summed E-state index contributed by atoms with van der Waals surface area (Å²) in [5, 5.41) is 0. The van der Waals surface area contributed by atoms with E-state index in [0.717, 1.165) is 0 Å². The molecule has 0 aliphatic rings. The molecule has 0 aromatic carbocycles. The Bertz CT molecular complexity index is 199. The van der Waals surface area contributed by atoms with Crippen LogP contribution in [0.25, 0.3) is 0 Å². The van der Waals surface area contributed by atoms with Gasteiger partial charge in [-0.2, -0.15) is 13.2 Å². The molecule has 0 fully saturated rings. The summed E-state index contributed by atoms with van der Waals surface area (Å²) in [6.07, 6.45) is -4.45. The smallest absolute Gasteiger partial charge is 0.393 e. The minimum absolute atomic E-state index is 0.100. The molecule has 3 nitrogen and oxygen atoms in total. The zero-order chi connectivity index (χ0) is 11.9. The van der Waals surface area contributed by atoms with Crippen molar-refractivity contribution >= 4 is 17.2 Å². The SMILES string of the molecule is CCOCCOCC(C(N)=S)C(F)(F)F. The fraction of sp³-hybridized carbons (Fsp3) is 0.875. The van der Waals surface area contributed by atoms with Gasteiger partial charge in [0.05, 0.1) is 24.8 Å². The average Bonchev–Trinajstić information content (AvgIpc) is 2.08. The Labute approximate surface area is 91.7 Å². The summed E-state index contributed by atoms with van der Waals surface area (Å²) in [4.78, 5) is -0.598. The van der Waals surface area contributed by atoms with E-state index in [9.17, 15) is 13.2 Å². The highest BCUT2D eigenvalue weighted by molar-refractivity contribution is 7.80. The van der Waals surface area contributed by atoms with E-state index < -0.39 is 23.7 Å². The summed E-state index contributed by atoms with van der Waals surface area (Å²) < 4.78 is 46.5. The molecule has 0 aliphatic heterocycles. The molecule has 1 unspecified atom stereocenters. The van der Waals surface area contributed by atoms with Gasteiger partial charge in [-0.15, -0.1) is 0 Å². The zero-order valence-electron chi connectivity index (χ0n) is 8.34. The lowest BCUT2D eigenvalue weighted by atomic mass is 10.1. The summed E-state index contributed by atoms with van der Waals surface area (Å²) in [7, 11) is 0. The van der Waals surface area contributed by atoms with Gasteiger partial charge in [0.1, 0.15) is 5.92 Å². The molecule has 1 atom stereocenters. The molecule has 0 aromatic rings. The van der Waals surface area contributed by atoms with Crippen LogP contribution < -0.4 is 5.73 Å². The third kappa shape index (κ3) is 6.64. The molecular weight excluding hydrogens is 231 g/mol. The van der Waals surface area contributed by atoms with Crippen LogP contribution in [0.5, 0.6) is 0 Å². The number of hydrogen-bond donors (Lipinski definition) is 1. The van der Waals surface area contributed by atoms with E-state index in [2.05, 4.69) is 12.2 Å². The monoisotopic (exact) mass is 245 g/mol. The second kappa shape index (κ2) is 6.97. The van der Waals surface area contributed by atoms with Crippen molar-refractivity contribution in [1.29, 1.82) is 0 Å². The molecule has 0 radical (unpaired) electrons. The van der Waals surface area contributed by atoms with Crippen molar-refractivity contribution in [2.45, 2.75) is 13.1 Å². The molecule has 0 spiro atoms. The van der Waals surface area contributed by atoms with Crippen molar-refractivity contribution in [3.63, 3.8) is 0 Å². The Hall–Kier alpha value is -0.400. The molecule has 0 amide bonds. The highest BCUT2D eigenvalue weighted by Gasteiger charge is 2.41. The van der Waals surface area contributed by atoms with Gasteiger partial charge in [0.25, 0.3) is 0 Å². The lowest BCUT2D eigenvalue weighted by molar-refractivity contribution is -0.168. The summed E-state index contributed by atoms with van der Waals surface area (Å²) in [5.74, 6) is -1.88. The van der Waals surface area contributed by atoms with Gasteiger partial charge in [-0.1, -0.05) is 12.2 Å². The number of rotatable bonds is 7. The Morgan fingerprint density at radius 3 is 2.27 bits per heavy atom. The quantitative estimate of drug-likeness (QED) is 0.545. The molecular formula is C8H14F3NO2S. The maximum absolute atomic E-state index is 12.3. The van der Waals surface area contributed by atoms with Gasteiger partial charge in [-0.3, -0.25) is 0 Å². The summed E-state index contributed by atoms with van der Waals surface area (Å²) in [6, 6.07) is 0. The standard InChI is InChI=1S/C8H14F3NO2S/c1-2-13-3-4-14-5-6(7(12)15)8(9,10)11/h6H,2-5H2,1H3,(H2,12,15). The van der Waals surface area contributed by atoms with E-state index in [1.54, 1.807) is 6.92 Å². The lowest BCUT2D eigenvalue weighted by Crippen LogP contribution is -2.38. The number of hydrogen-bond acceptors (Lipinski definition) is 3. The van der Waals surface area contributed by atoms with E-state index in [1.165, 1.54) is 0 Å². The summed E-state index contributed by atoms with van der Waals surface area (Å²) in [5.41, 5.74) is 4.96. The van der Waals surface area contributed by atoms with Crippen LogP contribution >= 0.6 is 12.2 Å². The normalized spacial score (nSPS) is 13.9. The predicted octanol–water partition coefficient (Wildman–Crippen LogP) is 1.50. The fourth-order valence-corrected chi connectivity index (χ4v) is 1.00. The van der Waals surface area contributed by atoms with Crippen LogP contribution in [0.2, 0.25) is 0 Å². The summed E-state index contributed by atoms with van der Waals surface area (Å²) >= 11 is 4.31. The molecule has 2 N–H and O–H groups in total. The summed E-state index contributed by atoms with van der Waals surface area (Å²) in [6.45, 7) is 2.10. The van der Waals surface area contributed by atoms with Gasteiger partial charge in [0.2, 0.25) is 0 Å². The van der Waals surface area contributed by atoms with Crippen molar-refractivity contribution in [1.82, 2.24) is 0 Å². The second-order valence-electron chi connectivity index (χ2n) is 2.77. The molecule has 0 rings (SSSR count). The predicted molar refractivity (Wildman–Crippen MR) is 53.6 cm³/mol. The van der Waals surface area contributed by atoms with E-state index in [4.69, 9.17) is 15.2 Å². The zero-order valence-corrected chi connectivity index (χ0v) is 9.16. The third-order valence-corrected chi connectivity index (χ3v) is 1.88. The van der Waals surface area contributed by atoms with E-state index >= 15 is 0 Å². The minimum Gasteiger partial charge on any atom is -0.393 e. The van der Waals surface area contributed by atoms with Crippen LogP contribution in [0.15, 0.2) is 0 Å². The van der Waals surface area contributed by atoms with E-state index in [1.807, 2.05) is 0 Å². The van der Waals surface area contributed by atoms with Crippen molar-refractivity contribution in [3.8, 4) is 0 Å². The van der Waals surface area contributed by atoms with Gasteiger partial charge in [0.15, 0.2) is 0 Å². The molecule has 90 valence electrons. The maximum atomic E-state index is 12.3. The van der Waals surface area contributed by atoms with E-state index in [0.29, 0.717) is 6.61 Å². The first-order valence-corrected chi connectivity index (χ1v) is 4.82. The van der Waals surface area contributed by atoms with Crippen LogP contribution in [0.1, 0.15) is 6.92 Å². The second-order valence-corrected chi connectivity index (χ2v) is 3.24. The Balaban J connectivity index is 3.84. The van der Waals surface area contributed by atoms with Crippen LogP contribution in [0.4, 0.5) is 13.2 Å². The lowest BCUT2D eigenvalue weighted by Gasteiger charge is -2.18. The van der Waals surface area contributed by atoms with Crippen molar-refractivity contribution < 1.29 is 22.6 Å². The maximum Gasteiger partial charge on any atom is 0.400 e. The fourth-order valence-electron chi connectivity index (χ4n) is 0.801. The molecule has 0 aliphatic carbocycles. The minimum atomic E-state index is -4.45. The molecule has 0 heterocycles. The van der Waals surface area contributed by atoms with Crippen molar-refractivity contribution in [2.75, 3.05) is 26.4 Å². The first-order valence-electron chi connectivity index (χ1n) is 4.41. The van der Waals surface area contributed by atoms with Gasteiger partial charge >= 0.3 is 6.18 Å². The molecule has 0 bridgehead atoms. The molecule has 0 saturated carbocycles. The van der Waals surface area contributed by atoms with Gasteiger partial charge in [-0.25, -0.2) is 0 Å². The van der Waals surface area contributed by atoms with Gasteiger partial charge in [0, 0.05) is 6.61 Å². The van der Waals surface area contributed by atoms with Gasteiger partial charge in [-0.05, 0) is 6.92 Å². The number of halogens is 3. The van der Waals surface area contributed by atoms with Crippen LogP contribution in [0, 0.1) is 5.92 Å². The highest BCUT2D eigenvalue weighted by atomic mass is 32.1. The van der Waals surface area contributed by atoms with Crippen LogP contribution in [-0.4, -0.2) is 37.6 Å². The largest absolute Gasteiger partial charge is 0.400 e. The average molecular weight is 245 g/mol. The molecule has 0 saturated heterocycles. The number of ether oxygens (including phenoxy) is 2. The number of thiocarbonyl (C=S) groups is 1. The van der Waals surface area contributed by atoms with E-state index in [-0.39, 0.29) is 13.2 Å². The Kier molecular flexibility index (Phi) is 6.78. The van der Waals surface area contributed by atoms with Gasteiger partial charge < -0.3 is 15.2 Å². The topological polar surface area (TPSA) is 44.5 Å². The number of alkyl halides is 3. The van der Waals surface area contributed by atoms with Crippen LogP contribution in [0.3, 0.4) is 0 Å². The molecule has 7 heteroatoms. The molecule has 0 aromatic heterocycles. The third-order valence-electron chi connectivity index (χ3n) is 1.60. The van der Waals surface area contributed by atoms with Crippen molar-refractivity contribution in [2.24, 2.45) is 11.7 Å². The molecule has 15 heavy (non-hydrogen) atoms. The van der Waals surface area contributed by atoms with Crippen LogP contribution in [-0.2, 0) is 9.47 Å². The van der Waals surface area contributed by atoms with Crippen molar-refractivity contribution in [3.05, 3.63) is 0 Å². The Morgan fingerprint density at radius 1 is 1.33 bits per heavy atom. The number of nitrogens with two attached hydrogens (primary N) is 1.